The molecule has 0 radical (unpaired) electrons. The molecule has 1 aromatic carbocycles. The Morgan fingerprint density at radius 3 is 2.41 bits per heavy atom. The average Bonchev–Trinajstić information content (AvgIpc) is 2.27. The summed E-state index contributed by atoms with van der Waals surface area (Å²) >= 11 is 0. The Labute approximate surface area is 106 Å². The molecule has 0 aliphatic heterocycles. The Hall–Kier alpha value is -0.820. The Morgan fingerprint density at radius 2 is 1.88 bits per heavy atom. The minimum absolute atomic E-state index is 0.125. The topological polar surface area (TPSA) is 26.0 Å². The van der Waals surface area contributed by atoms with Gasteiger partial charge in [-0.15, -0.1) is 0 Å². The predicted octanol–water partition coefficient (Wildman–Crippen LogP) is 4.32. The molecular weight excluding hydrogens is 206 g/mol. The molecule has 0 spiro atoms. The molecule has 0 amide bonds. The highest BCUT2D eigenvalue weighted by molar-refractivity contribution is 5.27. The third-order valence-electron chi connectivity index (χ3n) is 3.71. The van der Waals surface area contributed by atoms with Crippen molar-refractivity contribution in [2.75, 3.05) is 0 Å². The van der Waals surface area contributed by atoms with Crippen LogP contribution in [0.2, 0.25) is 0 Å². The second-order valence-electron chi connectivity index (χ2n) is 6.16. The summed E-state index contributed by atoms with van der Waals surface area (Å²) in [7, 11) is 0. The van der Waals surface area contributed by atoms with Crippen molar-refractivity contribution in [3.05, 3.63) is 35.4 Å². The fourth-order valence-electron chi connectivity index (χ4n) is 2.06. The van der Waals surface area contributed by atoms with E-state index < -0.39 is 0 Å². The number of hydrogen-bond donors (Lipinski definition) is 1. The van der Waals surface area contributed by atoms with Crippen LogP contribution in [0.3, 0.4) is 0 Å². The lowest BCUT2D eigenvalue weighted by Gasteiger charge is -2.31. The fourth-order valence-corrected chi connectivity index (χ4v) is 2.06. The molecule has 0 saturated heterocycles. The fraction of sp³-hybridized carbons (Fsp3) is 0.625. The number of hydrogen-bond acceptors (Lipinski definition) is 1. The maximum absolute atomic E-state index is 6.38. The van der Waals surface area contributed by atoms with Crippen LogP contribution in [0.5, 0.6) is 0 Å². The number of nitrogens with two attached hydrogens (primary N) is 1. The summed E-state index contributed by atoms with van der Waals surface area (Å²) in [4.78, 5) is 0. The van der Waals surface area contributed by atoms with Gasteiger partial charge in [-0.25, -0.2) is 0 Å². The summed E-state index contributed by atoms with van der Waals surface area (Å²) in [5, 5.41) is 0. The lowest BCUT2D eigenvalue weighted by molar-refractivity contribution is 0.278. The number of benzene rings is 1. The SMILES string of the molecule is CCC(C)(C)C(N)c1cccc(CC(C)C)c1. The third kappa shape index (κ3) is 3.85. The smallest absolute Gasteiger partial charge is 0.0346 e. The molecule has 1 aromatic rings. The Balaban J connectivity index is 2.91. The van der Waals surface area contributed by atoms with E-state index in [9.17, 15) is 0 Å². The molecule has 0 saturated carbocycles. The maximum atomic E-state index is 6.38. The second-order valence-corrected chi connectivity index (χ2v) is 6.16. The van der Waals surface area contributed by atoms with Crippen LogP contribution >= 0.6 is 0 Å². The van der Waals surface area contributed by atoms with Crippen LogP contribution in [0.15, 0.2) is 24.3 Å². The molecule has 0 aromatic heterocycles. The molecule has 0 fully saturated rings. The van der Waals surface area contributed by atoms with Crippen molar-refractivity contribution in [3.63, 3.8) is 0 Å². The minimum atomic E-state index is 0.125. The van der Waals surface area contributed by atoms with Gasteiger partial charge in [0.05, 0.1) is 0 Å². The Bertz CT molecular complexity index is 352. The molecule has 1 heteroatoms. The van der Waals surface area contributed by atoms with Gasteiger partial charge in [-0.1, -0.05) is 58.9 Å². The minimum Gasteiger partial charge on any atom is -0.324 e. The summed E-state index contributed by atoms with van der Waals surface area (Å²) in [5.41, 5.74) is 9.22. The zero-order valence-corrected chi connectivity index (χ0v) is 12.0. The van der Waals surface area contributed by atoms with Crippen LogP contribution in [0.1, 0.15) is 58.2 Å². The van der Waals surface area contributed by atoms with Gasteiger partial charge in [-0.05, 0) is 35.3 Å². The van der Waals surface area contributed by atoms with Crippen LogP contribution in [-0.4, -0.2) is 0 Å². The lowest BCUT2D eigenvalue weighted by Crippen LogP contribution is -2.28. The predicted molar refractivity (Wildman–Crippen MR) is 76.0 cm³/mol. The second kappa shape index (κ2) is 5.68. The van der Waals surface area contributed by atoms with Gasteiger partial charge in [0.1, 0.15) is 0 Å². The van der Waals surface area contributed by atoms with Crippen molar-refractivity contribution in [1.29, 1.82) is 0 Å². The normalized spacial score (nSPS) is 14.1. The number of rotatable bonds is 5. The van der Waals surface area contributed by atoms with Crippen molar-refractivity contribution in [3.8, 4) is 0 Å². The first-order valence-corrected chi connectivity index (χ1v) is 6.71. The van der Waals surface area contributed by atoms with Gasteiger partial charge < -0.3 is 5.73 Å². The molecule has 96 valence electrons. The van der Waals surface area contributed by atoms with Gasteiger partial charge in [0.2, 0.25) is 0 Å². The monoisotopic (exact) mass is 233 g/mol. The molecule has 0 aliphatic carbocycles. The van der Waals surface area contributed by atoms with Gasteiger partial charge in [0, 0.05) is 6.04 Å². The van der Waals surface area contributed by atoms with E-state index in [0.29, 0.717) is 5.92 Å². The largest absolute Gasteiger partial charge is 0.324 e. The van der Waals surface area contributed by atoms with Gasteiger partial charge in [0.25, 0.3) is 0 Å². The van der Waals surface area contributed by atoms with E-state index in [1.165, 1.54) is 11.1 Å². The first kappa shape index (κ1) is 14.2. The van der Waals surface area contributed by atoms with Gasteiger partial charge in [-0.3, -0.25) is 0 Å². The van der Waals surface area contributed by atoms with Gasteiger partial charge in [0.15, 0.2) is 0 Å². The Kier molecular flexibility index (Phi) is 4.76. The first-order chi connectivity index (χ1) is 7.86. The molecule has 0 bridgehead atoms. The van der Waals surface area contributed by atoms with E-state index in [2.05, 4.69) is 58.9 Å². The molecule has 1 atom stereocenters. The van der Waals surface area contributed by atoms with Crippen LogP contribution in [-0.2, 0) is 6.42 Å². The lowest BCUT2D eigenvalue weighted by atomic mass is 9.78. The summed E-state index contributed by atoms with van der Waals surface area (Å²) in [6, 6.07) is 8.90. The van der Waals surface area contributed by atoms with Crippen LogP contribution < -0.4 is 5.73 Å². The standard InChI is InChI=1S/C16H27N/c1-6-16(4,5)15(17)14-9-7-8-13(11-14)10-12(2)3/h7-9,11-12,15H,6,10,17H2,1-5H3. The zero-order valence-electron chi connectivity index (χ0n) is 12.0. The summed E-state index contributed by atoms with van der Waals surface area (Å²) in [6.45, 7) is 11.2. The molecule has 0 heterocycles. The van der Waals surface area contributed by atoms with E-state index in [0.717, 1.165) is 12.8 Å². The van der Waals surface area contributed by atoms with Crippen LogP contribution in [0.25, 0.3) is 0 Å². The van der Waals surface area contributed by atoms with Gasteiger partial charge >= 0.3 is 0 Å². The maximum Gasteiger partial charge on any atom is 0.0346 e. The van der Waals surface area contributed by atoms with Crippen molar-refractivity contribution in [2.45, 2.75) is 53.5 Å². The molecule has 1 unspecified atom stereocenters. The van der Waals surface area contributed by atoms with E-state index >= 15 is 0 Å². The summed E-state index contributed by atoms with van der Waals surface area (Å²) in [5.74, 6) is 0.695. The third-order valence-corrected chi connectivity index (χ3v) is 3.71. The molecule has 0 aliphatic rings. The van der Waals surface area contributed by atoms with Crippen molar-refractivity contribution in [1.82, 2.24) is 0 Å². The Morgan fingerprint density at radius 1 is 1.24 bits per heavy atom. The molecular formula is C16H27N. The molecule has 1 rings (SSSR count). The summed E-state index contributed by atoms with van der Waals surface area (Å²) in [6.07, 6.45) is 2.23. The zero-order chi connectivity index (χ0) is 13.1. The van der Waals surface area contributed by atoms with Crippen LogP contribution in [0.4, 0.5) is 0 Å². The van der Waals surface area contributed by atoms with E-state index in [1.807, 2.05) is 0 Å². The molecule has 1 nitrogen and oxygen atoms in total. The molecule has 2 N–H and O–H groups in total. The summed E-state index contributed by atoms with van der Waals surface area (Å²) < 4.78 is 0. The highest BCUT2D eigenvalue weighted by atomic mass is 14.7. The van der Waals surface area contributed by atoms with Crippen molar-refractivity contribution >= 4 is 0 Å². The van der Waals surface area contributed by atoms with E-state index in [-0.39, 0.29) is 11.5 Å². The van der Waals surface area contributed by atoms with E-state index in [1.54, 1.807) is 0 Å². The van der Waals surface area contributed by atoms with E-state index in [4.69, 9.17) is 5.73 Å². The van der Waals surface area contributed by atoms with Crippen LogP contribution in [0, 0.1) is 11.3 Å². The van der Waals surface area contributed by atoms with Gasteiger partial charge in [-0.2, -0.15) is 0 Å². The van der Waals surface area contributed by atoms with Crippen molar-refractivity contribution in [2.24, 2.45) is 17.1 Å². The quantitative estimate of drug-likeness (QED) is 0.805. The highest BCUT2D eigenvalue weighted by Crippen LogP contribution is 2.34. The van der Waals surface area contributed by atoms with Crippen molar-refractivity contribution < 1.29 is 0 Å². The molecule has 17 heavy (non-hydrogen) atoms. The first-order valence-electron chi connectivity index (χ1n) is 6.71. The average molecular weight is 233 g/mol. The highest BCUT2D eigenvalue weighted by Gasteiger charge is 2.25.